The molecule has 1 aromatic heterocycles. The van der Waals surface area contributed by atoms with Crippen molar-refractivity contribution in [1.29, 1.82) is 0 Å². The molecule has 134 valence electrons. The van der Waals surface area contributed by atoms with Crippen LogP contribution in [-0.4, -0.2) is 22.6 Å². The minimum atomic E-state index is -2.55. The molecule has 26 heavy (non-hydrogen) atoms. The van der Waals surface area contributed by atoms with Crippen molar-refractivity contribution < 1.29 is 21.0 Å². The fourth-order valence-electron chi connectivity index (χ4n) is 2.51. The fraction of sp³-hybridized carbons (Fsp3) is 0.190. The predicted octanol–water partition coefficient (Wildman–Crippen LogP) is 3.33. The number of aryl methyl sites for hydroxylation is 1. The van der Waals surface area contributed by atoms with Crippen LogP contribution in [0.2, 0.25) is 0 Å². The molecule has 3 rings (SSSR count). The summed E-state index contributed by atoms with van der Waals surface area (Å²) in [5, 5.41) is 11.6. The Morgan fingerprint density at radius 2 is 2.15 bits per heavy atom. The highest BCUT2D eigenvalue weighted by Gasteiger charge is 2.07. The highest BCUT2D eigenvalue weighted by molar-refractivity contribution is 5.90. The van der Waals surface area contributed by atoms with Crippen LogP contribution >= 0.6 is 0 Å². The Hall–Kier alpha value is -2.89. The first kappa shape index (κ1) is 10.3. The molecule has 0 saturated carbocycles. The van der Waals surface area contributed by atoms with Gasteiger partial charge in [0.15, 0.2) is 0 Å². The smallest absolute Gasteiger partial charge is 0.267 e. The van der Waals surface area contributed by atoms with Crippen LogP contribution in [0.1, 0.15) is 33.4 Å². The molecule has 0 spiro atoms. The van der Waals surface area contributed by atoms with Crippen molar-refractivity contribution in [1.82, 2.24) is 15.8 Å². The molecule has 0 radical (unpaired) electrons. The molecule has 1 atom stereocenters. The van der Waals surface area contributed by atoms with Gasteiger partial charge in [-0.05, 0) is 48.6 Å². The normalized spacial score (nSPS) is 17.4. The molecular weight excluding hydrogens is 326 g/mol. The van der Waals surface area contributed by atoms with Gasteiger partial charge in [-0.25, -0.2) is 5.48 Å². The molecule has 1 amide bonds. The Kier molecular flexibility index (Phi) is 3.36. The maximum Gasteiger partial charge on any atom is 0.267 e. The van der Waals surface area contributed by atoms with Crippen LogP contribution in [0.25, 0.3) is 17.0 Å². The number of rotatable bonds is 7. The third-order valence-electron chi connectivity index (χ3n) is 3.80. The number of H-pyrrole nitrogens is 1. The van der Waals surface area contributed by atoms with Gasteiger partial charge in [0.25, 0.3) is 5.91 Å². The van der Waals surface area contributed by atoms with Crippen LogP contribution in [0, 0.1) is 6.85 Å². The number of carbonyl (C=O) groups excluding carboxylic acids is 1. The highest BCUT2D eigenvalue weighted by Crippen LogP contribution is 2.21. The summed E-state index contributed by atoms with van der Waals surface area (Å²) in [6.07, 6.45) is 2.78. The van der Waals surface area contributed by atoms with Crippen LogP contribution in [0.15, 0.2) is 54.5 Å². The molecule has 0 fully saturated rings. The van der Waals surface area contributed by atoms with Gasteiger partial charge >= 0.3 is 0 Å². The maximum atomic E-state index is 11.1. The minimum Gasteiger partial charge on any atom is -0.358 e. The van der Waals surface area contributed by atoms with E-state index in [1.807, 2.05) is 0 Å². The second kappa shape index (κ2) is 8.47. The Morgan fingerprint density at radius 1 is 1.35 bits per heavy atom. The number of hydrogen-bond donors (Lipinski definition) is 4. The lowest BCUT2D eigenvalue weighted by molar-refractivity contribution is -0.124. The quantitative estimate of drug-likeness (QED) is 0.298. The first-order valence-corrected chi connectivity index (χ1v) is 7.94. The number of nitrogens with one attached hydrogen (secondary N) is 3. The predicted molar refractivity (Wildman–Crippen MR) is 104 cm³/mol. The minimum absolute atomic E-state index is 0.0491. The Balaban J connectivity index is 1.80. The van der Waals surface area contributed by atoms with Crippen molar-refractivity contribution in [2.45, 2.75) is 19.8 Å². The number of hydrogen-bond acceptors (Lipinski definition) is 3. The number of para-hydroxylation sites is 1. The SMILES string of the molecule is [2H]c1c([2H])c([2H])c2c(CCNC([2H])c3ccc(/C=C/C(=O)NO)cc3)c(C([2H])([2H])[2H])[nH]c2c1[2H]. The first-order chi connectivity index (χ1) is 16.0. The molecule has 2 aromatic carbocycles. The van der Waals surface area contributed by atoms with Gasteiger partial charge in [-0.3, -0.25) is 10.0 Å². The van der Waals surface area contributed by atoms with E-state index in [1.54, 1.807) is 24.3 Å². The lowest BCUT2D eigenvalue weighted by Crippen LogP contribution is -2.16. The van der Waals surface area contributed by atoms with Crippen molar-refractivity contribution in [3.63, 3.8) is 0 Å². The van der Waals surface area contributed by atoms with Gasteiger partial charge in [-0.15, -0.1) is 0 Å². The number of carbonyl (C=O) groups is 1. The van der Waals surface area contributed by atoms with E-state index in [9.17, 15) is 4.79 Å². The van der Waals surface area contributed by atoms with E-state index in [2.05, 4.69) is 10.3 Å². The van der Waals surface area contributed by atoms with Crippen molar-refractivity contribution >= 4 is 22.9 Å². The highest BCUT2D eigenvalue weighted by atomic mass is 16.5. The number of hydroxylamine groups is 1. The third-order valence-corrected chi connectivity index (χ3v) is 3.80. The molecule has 0 aliphatic heterocycles. The van der Waals surface area contributed by atoms with Gasteiger partial charge < -0.3 is 10.3 Å². The molecule has 1 heterocycles. The molecule has 0 saturated heterocycles. The van der Waals surface area contributed by atoms with E-state index in [0.717, 1.165) is 6.08 Å². The van der Waals surface area contributed by atoms with Crippen molar-refractivity contribution in [2.24, 2.45) is 0 Å². The van der Waals surface area contributed by atoms with Gasteiger partial charge in [0.1, 0.15) is 0 Å². The zero-order chi connectivity index (χ0) is 25.2. The Bertz CT molecular complexity index is 1240. The summed E-state index contributed by atoms with van der Waals surface area (Å²) in [5.74, 6) is -0.664. The number of aromatic amines is 1. The maximum absolute atomic E-state index is 11.1. The van der Waals surface area contributed by atoms with Crippen LogP contribution in [0.3, 0.4) is 0 Å². The van der Waals surface area contributed by atoms with Crippen LogP contribution in [0.5, 0.6) is 0 Å². The molecule has 0 aliphatic rings. The molecule has 0 bridgehead atoms. The molecule has 1 unspecified atom stereocenters. The average Bonchev–Trinajstić information content (AvgIpc) is 3.20. The molecular formula is C21H23N3O2. The zero-order valence-electron chi connectivity index (χ0n) is 21.8. The van der Waals surface area contributed by atoms with Gasteiger partial charge in [0, 0.05) is 34.7 Å². The Morgan fingerprint density at radius 3 is 2.92 bits per heavy atom. The first-order valence-electron chi connectivity index (χ1n) is 12.0. The summed E-state index contributed by atoms with van der Waals surface area (Å²) in [7, 11) is 0. The van der Waals surface area contributed by atoms with Crippen LogP contribution < -0.4 is 10.8 Å². The largest absolute Gasteiger partial charge is 0.358 e. The van der Waals surface area contributed by atoms with Gasteiger partial charge in [-0.1, -0.05) is 42.4 Å². The molecule has 0 aliphatic carbocycles. The van der Waals surface area contributed by atoms with E-state index in [4.69, 9.17) is 16.2 Å². The number of fused-ring (bicyclic) bond motifs is 1. The molecule has 3 aromatic rings. The van der Waals surface area contributed by atoms with Gasteiger partial charge in [0.2, 0.25) is 0 Å². The average molecular weight is 357 g/mol. The number of amides is 1. The topological polar surface area (TPSA) is 77.2 Å². The van der Waals surface area contributed by atoms with Crippen LogP contribution in [0.4, 0.5) is 0 Å². The second-order valence-electron chi connectivity index (χ2n) is 5.55. The number of benzene rings is 2. The van der Waals surface area contributed by atoms with Crippen molar-refractivity contribution in [3.8, 4) is 0 Å². The van der Waals surface area contributed by atoms with E-state index in [-0.39, 0.29) is 47.2 Å². The summed E-state index contributed by atoms with van der Waals surface area (Å²) in [6, 6.07) is 5.26. The van der Waals surface area contributed by atoms with Crippen molar-refractivity contribution in [2.75, 3.05) is 6.54 Å². The van der Waals surface area contributed by atoms with E-state index in [0.29, 0.717) is 11.1 Å². The lowest BCUT2D eigenvalue weighted by Gasteiger charge is -2.06. The zero-order valence-corrected chi connectivity index (χ0v) is 13.8. The second-order valence-corrected chi connectivity index (χ2v) is 5.55. The fourth-order valence-corrected chi connectivity index (χ4v) is 2.51. The summed E-state index contributed by atoms with van der Waals surface area (Å²) < 4.78 is 63.9. The van der Waals surface area contributed by atoms with Gasteiger partial charge in [-0.2, -0.15) is 0 Å². The van der Waals surface area contributed by atoms with E-state index in [1.165, 1.54) is 11.6 Å². The molecule has 4 N–H and O–H groups in total. The lowest BCUT2D eigenvalue weighted by atomic mass is 10.1. The van der Waals surface area contributed by atoms with Gasteiger partial charge in [0.05, 0.1) is 5.48 Å². The van der Waals surface area contributed by atoms with Crippen molar-refractivity contribution in [3.05, 3.63) is 76.9 Å². The molecule has 5 nitrogen and oxygen atoms in total. The van der Waals surface area contributed by atoms with E-state index >= 15 is 0 Å². The summed E-state index contributed by atoms with van der Waals surface area (Å²) >= 11 is 0. The standard InChI is InChI=1S/C21H23N3O2/c1-15-18(19-4-2-3-5-20(19)23-15)12-13-22-14-17-8-6-16(7-9-17)10-11-21(25)24-26/h2-11,22-23,26H,12-14H2,1H3,(H,24,25)/b11-10+/i1D3,2D,3D,4D,5D,14D. The molecule has 5 heteroatoms. The monoisotopic (exact) mass is 357 g/mol. The summed E-state index contributed by atoms with van der Waals surface area (Å²) in [4.78, 5) is 13.7. The summed E-state index contributed by atoms with van der Waals surface area (Å²) in [5.41, 5.74) is 2.99. The van der Waals surface area contributed by atoms with E-state index < -0.39 is 31.4 Å². The Labute approximate surface area is 163 Å². The number of aromatic nitrogens is 1. The summed E-state index contributed by atoms with van der Waals surface area (Å²) in [6.45, 7) is -3.20. The third kappa shape index (κ3) is 4.39. The van der Waals surface area contributed by atoms with Crippen LogP contribution in [-0.2, 0) is 17.7 Å².